The van der Waals surface area contributed by atoms with Crippen LogP contribution in [-0.4, -0.2) is 19.1 Å². The lowest BCUT2D eigenvalue weighted by atomic mass is 9.96. The molecule has 0 fully saturated rings. The largest absolute Gasteiger partial charge is 0.455 e. The summed E-state index contributed by atoms with van der Waals surface area (Å²) in [6.07, 6.45) is 0. The van der Waals surface area contributed by atoms with Crippen molar-refractivity contribution < 1.29 is 4.42 Å². The van der Waals surface area contributed by atoms with E-state index >= 15 is 0 Å². The first-order chi connectivity index (χ1) is 29.3. The number of hydrogen-bond donors (Lipinski definition) is 0. The quantitative estimate of drug-likeness (QED) is 0.180. The minimum absolute atomic E-state index is 0.625. The van der Waals surface area contributed by atoms with Gasteiger partial charge in [0.25, 0.3) is 0 Å². The maximum Gasteiger partial charge on any atom is 0.235 e. The molecule has 0 saturated carbocycles. The van der Waals surface area contributed by atoms with E-state index < -0.39 is 0 Å². The molecule has 4 heterocycles. The first kappa shape index (κ1) is 32.1. The molecule has 274 valence electrons. The van der Waals surface area contributed by atoms with Gasteiger partial charge in [0, 0.05) is 59.9 Å². The number of aromatic nitrogens is 4. The van der Waals surface area contributed by atoms with Crippen LogP contribution in [0.2, 0.25) is 0 Å². The molecular formula is C54H32N4O. The van der Waals surface area contributed by atoms with Gasteiger partial charge in [0.2, 0.25) is 5.95 Å². The van der Waals surface area contributed by atoms with Gasteiger partial charge in [0.1, 0.15) is 11.2 Å². The van der Waals surface area contributed by atoms with Crippen molar-refractivity contribution >= 4 is 87.2 Å². The molecule has 13 rings (SSSR count). The molecule has 0 bridgehead atoms. The van der Waals surface area contributed by atoms with Crippen molar-refractivity contribution in [2.75, 3.05) is 0 Å². The molecule has 0 unspecified atom stereocenters. The summed E-state index contributed by atoms with van der Waals surface area (Å²) in [7, 11) is 0. The number of fused-ring (bicyclic) bond motifs is 13. The van der Waals surface area contributed by atoms with Gasteiger partial charge in [-0.15, -0.1) is 0 Å². The average Bonchev–Trinajstić information content (AvgIpc) is 3.97. The summed E-state index contributed by atoms with van der Waals surface area (Å²) in [6, 6.07) is 68.8. The highest BCUT2D eigenvalue weighted by Crippen LogP contribution is 2.45. The van der Waals surface area contributed by atoms with E-state index in [1.165, 1.54) is 21.7 Å². The fourth-order valence-corrected chi connectivity index (χ4v) is 9.55. The van der Waals surface area contributed by atoms with Crippen LogP contribution in [0.25, 0.3) is 121 Å². The number of hydrogen-bond acceptors (Lipinski definition) is 3. The Balaban J connectivity index is 1.12. The standard InChI is InChI=1S/C54H32N4O/c1-3-15-33(16-4-1)42-31-35(32-43-38-28-27-34-17-7-8-20-37(34)52(38)59-53(42)43)51-39-21-9-12-24-44(39)55-54(56-51)58-46-26-14-11-23-41(46)50-48(58)30-29-47-49(50)40-22-10-13-25-45(40)57(47)36-18-5-2-6-19-36/h1-32H. The number of nitrogens with zero attached hydrogens (tertiary/aromatic N) is 4. The van der Waals surface area contributed by atoms with Crippen LogP contribution in [0.5, 0.6) is 0 Å². The summed E-state index contributed by atoms with van der Waals surface area (Å²) in [5.41, 5.74) is 12.2. The van der Waals surface area contributed by atoms with Crippen molar-refractivity contribution in [1.82, 2.24) is 19.1 Å². The Hall–Kier alpha value is -8.02. The second-order valence-electron chi connectivity index (χ2n) is 15.3. The summed E-state index contributed by atoms with van der Waals surface area (Å²) in [5.74, 6) is 0.625. The molecule has 0 aliphatic heterocycles. The molecule has 9 aromatic carbocycles. The van der Waals surface area contributed by atoms with Crippen LogP contribution in [0.3, 0.4) is 0 Å². The summed E-state index contributed by atoms with van der Waals surface area (Å²) >= 11 is 0. The Kier molecular flexibility index (Phi) is 6.66. The molecule has 0 radical (unpaired) electrons. The molecule has 0 aliphatic carbocycles. The van der Waals surface area contributed by atoms with Gasteiger partial charge in [-0.25, -0.2) is 9.97 Å². The van der Waals surface area contributed by atoms with Gasteiger partial charge < -0.3 is 8.98 Å². The summed E-state index contributed by atoms with van der Waals surface area (Å²) in [6.45, 7) is 0. The van der Waals surface area contributed by atoms with E-state index in [0.717, 1.165) is 93.6 Å². The highest BCUT2D eigenvalue weighted by atomic mass is 16.3. The third kappa shape index (κ3) is 4.61. The second kappa shape index (κ2) is 12.2. The summed E-state index contributed by atoms with van der Waals surface area (Å²) in [5, 5.41) is 10.2. The van der Waals surface area contributed by atoms with Crippen molar-refractivity contribution in [2.45, 2.75) is 0 Å². The van der Waals surface area contributed by atoms with Gasteiger partial charge in [-0.05, 0) is 71.6 Å². The van der Waals surface area contributed by atoms with Crippen LogP contribution in [0.4, 0.5) is 0 Å². The smallest absolute Gasteiger partial charge is 0.235 e. The van der Waals surface area contributed by atoms with Gasteiger partial charge in [-0.3, -0.25) is 4.57 Å². The van der Waals surface area contributed by atoms with Gasteiger partial charge in [0.05, 0.1) is 33.3 Å². The lowest BCUT2D eigenvalue weighted by molar-refractivity contribution is 0.674. The fourth-order valence-electron chi connectivity index (χ4n) is 9.55. The van der Waals surface area contributed by atoms with Crippen molar-refractivity contribution in [3.05, 3.63) is 194 Å². The highest BCUT2D eigenvalue weighted by molar-refractivity contribution is 6.29. The Morgan fingerprint density at radius 2 is 0.983 bits per heavy atom. The number of furan rings is 1. The Morgan fingerprint density at radius 1 is 0.373 bits per heavy atom. The van der Waals surface area contributed by atoms with Crippen LogP contribution < -0.4 is 0 Å². The molecule has 0 spiro atoms. The highest BCUT2D eigenvalue weighted by Gasteiger charge is 2.23. The Labute approximate surface area is 337 Å². The first-order valence-corrected chi connectivity index (χ1v) is 20.0. The van der Waals surface area contributed by atoms with Gasteiger partial charge in [0.15, 0.2) is 0 Å². The predicted octanol–water partition coefficient (Wildman–Crippen LogP) is 14.2. The third-order valence-corrected chi connectivity index (χ3v) is 12.1. The Bertz CT molecular complexity index is 3840. The first-order valence-electron chi connectivity index (χ1n) is 20.0. The predicted molar refractivity (Wildman–Crippen MR) is 244 cm³/mol. The fraction of sp³-hybridized carbons (Fsp3) is 0. The molecule has 0 atom stereocenters. The van der Waals surface area contributed by atoms with Crippen LogP contribution >= 0.6 is 0 Å². The van der Waals surface area contributed by atoms with Gasteiger partial charge in [-0.1, -0.05) is 133 Å². The zero-order valence-electron chi connectivity index (χ0n) is 31.7. The SMILES string of the molecule is c1ccc(-c2cc(-c3nc(-n4c5ccccc5c5c6c7ccccc7n(-c7ccccc7)c6ccc54)nc4ccccc34)cc3c2oc2c4ccccc4ccc32)cc1. The zero-order chi connectivity index (χ0) is 38.6. The lowest BCUT2D eigenvalue weighted by Crippen LogP contribution is -2.03. The van der Waals surface area contributed by atoms with Crippen molar-refractivity contribution in [3.63, 3.8) is 0 Å². The molecular weight excluding hydrogens is 721 g/mol. The van der Waals surface area contributed by atoms with Crippen LogP contribution in [0.1, 0.15) is 0 Å². The second-order valence-corrected chi connectivity index (χ2v) is 15.3. The molecule has 59 heavy (non-hydrogen) atoms. The molecule has 0 saturated heterocycles. The minimum atomic E-state index is 0.625. The van der Waals surface area contributed by atoms with Crippen LogP contribution in [0, 0.1) is 0 Å². The van der Waals surface area contributed by atoms with Crippen LogP contribution in [0.15, 0.2) is 199 Å². The lowest BCUT2D eigenvalue weighted by Gasteiger charge is -2.13. The molecule has 0 aliphatic rings. The van der Waals surface area contributed by atoms with Crippen molar-refractivity contribution in [1.29, 1.82) is 0 Å². The Morgan fingerprint density at radius 3 is 1.75 bits per heavy atom. The van der Waals surface area contributed by atoms with E-state index in [1.54, 1.807) is 0 Å². The number of para-hydroxylation sites is 4. The molecule has 4 aromatic heterocycles. The monoisotopic (exact) mass is 752 g/mol. The number of benzene rings is 9. The molecule has 0 N–H and O–H groups in total. The normalized spacial score (nSPS) is 12.1. The van der Waals surface area contributed by atoms with Crippen molar-refractivity contribution in [2.24, 2.45) is 0 Å². The molecule has 0 amide bonds. The maximum atomic E-state index is 6.87. The summed E-state index contributed by atoms with van der Waals surface area (Å²) < 4.78 is 11.5. The minimum Gasteiger partial charge on any atom is -0.455 e. The van der Waals surface area contributed by atoms with E-state index in [0.29, 0.717) is 5.95 Å². The van der Waals surface area contributed by atoms with Crippen molar-refractivity contribution in [3.8, 4) is 34.0 Å². The van der Waals surface area contributed by atoms with Gasteiger partial charge in [-0.2, -0.15) is 0 Å². The average molecular weight is 753 g/mol. The van der Waals surface area contributed by atoms with E-state index in [4.69, 9.17) is 14.4 Å². The van der Waals surface area contributed by atoms with E-state index in [2.05, 4.69) is 203 Å². The topological polar surface area (TPSA) is 48.8 Å². The molecule has 13 aromatic rings. The van der Waals surface area contributed by atoms with Crippen LogP contribution in [-0.2, 0) is 0 Å². The van der Waals surface area contributed by atoms with E-state index in [-0.39, 0.29) is 0 Å². The zero-order valence-corrected chi connectivity index (χ0v) is 31.7. The summed E-state index contributed by atoms with van der Waals surface area (Å²) in [4.78, 5) is 10.9. The molecule has 5 nitrogen and oxygen atoms in total. The van der Waals surface area contributed by atoms with E-state index in [9.17, 15) is 0 Å². The van der Waals surface area contributed by atoms with Gasteiger partial charge >= 0.3 is 0 Å². The number of rotatable bonds is 4. The molecule has 5 heteroatoms. The van der Waals surface area contributed by atoms with E-state index in [1.807, 2.05) is 0 Å². The third-order valence-electron chi connectivity index (χ3n) is 12.1. The maximum absolute atomic E-state index is 6.87.